The van der Waals surface area contributed by atoms with Crippen molar-refractivity contribution in [2.24, 2.45) is 5.92 Å². The van der Waals surface area contributed by atoms with Crippen LogP contribution >= 0.6 is 0 Å². The average molecular weight is 221 g/mol. The third kappa shape index (κ3) is 2.74. The number of aryl methyl sites for hydroxylation is 1. The Balaban J connectivity index is 1.84. The van der Waals surface area contributed by atoms with Gasteiger partial charge in [-0.15, -0.1) is 0 Å². The molecule has 0 bridgehead atoms. The quantitative estimate of drug-likeness (QED) is 0.806. The van der Waals surface area contributed by atoms with Gasteiger partial charge in [0, 0.05) is 12.5 Å². The Kier molecular flexibility index (Phi) is 3.80. The van der Waals surface area contributed by atoms with Gasteiger partial charge in [0.1, 0.15) is 12.4 Å². The van der Waals surface area contributed by atoms with Crippen molar-refractivity contribution in [2.75, 3.05) is 19.7 Å². The first-order valence-electron chi connectivity index (χ1n) is 5.84. The van der Waals surface area contributed by atoms with E-state index in [0.29, 0.717) is 12.5 Å². The molecule has 1 aromatic carbocycles. The maximum Gasteiger partial charge on any atom is 0.122 e. The van der Waals surface area contributed by atoms with E-state index < -0.39 is 0 Å². The lowest BCUT2D eigenvalue weighted by Crippen LogP contribution is -2.28. The Morgan fingerprint density at radius 2 is 2.31 bits per heavy atom. The van der Waals surface area contributed by atoms with Gasteiger partial charge in [0.25, 0.3) is 0 Å². The fourth-order valence-corrected chi connectivity index (χ4v) is 2.04. The van der Waals surface area contributed by atoms with E-state index in [1.807, 2.05) is 31.2 Å². The molecular weight excluding hydrogens is 202 g/mol. The summed E-state index contributed by atoms with van der Waals surface area (Å²) in [5.74, 6) is 1.21. The molecule has 1 aliphatic rings. The lowest BCUT2D eigenvalue weighted by molar-refractivity contribution is 0.0638. The smallest absolute Gasteiger partial charge is 0.122 e. The molecule has 2 atom stereocenters. The van der Waals surface area contributed by atoms with Crippen LogP contribution in [0.5, 0.6) is 5.75 Å². The van der Waals surface area contributed by atoms with Crippen molar-refractivity contribution >= 4 is 0 Å². The molecule has 1 saturated heterocycles. The molecule has 0 saturated carbocycles. The Bertz CT molecular complexity index is 334. The number of aliphatic hydroxyl groups is 1. The van der Waals surface area contributed by atoms with Crippen LogP contribution in [-0.4, -0.2) is 30.9 Å². The lowest BCUT2D eigenvalue weighted by atomic mass is 10.0. The van der Waals surface area contributed by atoms with Crippen molar-refractivity contribution in [3.63, 3.8) is 0 Å². The maximum absolute atomic E-state index is 9.94. The molecule has 0 aliphatic carbocycles. The van der Waals surface area contributed by atoms with Crippen LogP contribution < -0.4 is 10.1 Å². The number of hydrogen-bond donors (Lipinski definition) is 2. The highest BCUT2D eigenvalue weighted by Crippen LogP contribution is 2.18. The van der Waals surface area contributed by atoms with E-state index in [1.165, 1.54) is 0 Å². The number of ether oxygens (including phenoxy) is 1. The predicted octanol–water partition coefficient (Wildman–Crippen LogP) is 1.34. The minimum atomic E-state index is -0.366. The Hall–Kier alpha value is -1.06. The van der Waals surface area contributed by atoms with Crippen LogP contribution in [0.3, 0.4) is 0 Å². The van der Waals surface area contributed by atoms with E-state index in [1.54, 1.807) is 0 Å². The molecule has 0 spiro atoms. The Morgan fingerprint density at radius 1 is 1.50 bits per heavy atom. The highest BCUT2D eigenvalue weighted by Gasteiger charge is 2.23. The Morgan fingerprint density at radius 3 is 3.00 bits per heavy atom. The fraction of sp³-hybridized carbons (Fsp3) is 0.538. The van der Waals surface area contributed by atoms with Crippen molar-refractivity contribution in [1.82, 2.24) is 5.32 Å². The molecule has 2 rings (SSSR count). The summed E-state index contributed by atoms with van der Waals surface area (Å²) in [5.41, 5.74) is 1.11. The number of rotatable bonds is 4. The molecule has 1 fully saturated rings. The predicted molar refractivity (Wildman–Crippen MR) is 63.7 cm³/mol. The van der Waals surface area contributed by atoms with Crippen molar-refractivity contribution < 1.29 is 9.84 Å². The van der Waals surface area contributed by atoms with Gasteiger partial charge in [-0.2, -0.15) is 0 Å². The second kappa shape index (κ2) is 5.32. The SMILES string of the molecule is Cc1ccccc1OCC(O)C1CCNC1. The summed E-state index contributed by atoms with van der Waals surface area (Å²) in [4.78, 5) is 0. The highest BCUT2D eigenvalue weighted by atomic mass is 16.5. The summed E-state index contributed by atoms with van der Waals surface area (Å²) in [6.07, 6.45) is 0.674. The van der Waals surface area contributed by atoms with Crippen LogP contribution in [0, 0.1) is 12.8 Å². The van der Waals surface area contributed by atoms with Crippen LogP contribution in [0.1, 0.15) is 12.0 Å². The van der Waals surface area contributed by atoms with E-state index in [0.717, 1.165) is 30.8 Å². The largest absolute Gasteiger partial charge is 0.491 e. The molecule has 0 amide bonds. The van der Waals surface area contributed by atoms with Gasteiger partial charge in [-0.3, -0.25) is 0 Å². The normalized spacial score (nSPS) is 22.0. The van der Waals surface area contributed by atoms with Crippen LogP contribution in [0.2, 0.25) is 0 Å². The number of para-hydroxylation sites is 1. The highest BCUT2D eigenvalue weighted by molar-refractivity contribution is 5.31. The van der Waals surface area contributed by atoms with Crippen molar-refractivity contribution in [1.29, 1.82) is 0 Å². The summed E-state index contributed by atoms with van der Waals surface area (Å²) in [7, 11) is 0. The fourth-order valence-electron chi connectivity index (χ4n) is 2.04. The van der Waals surface area contributed by atoms with Gasteiger partial charge in [-0.25, -0.2) is 0 Å². The van der Waals surface area contributed by atoms with Crippen LogP contribution in [0.4, 0.5) is 0 Å². The van der Waals surface area contributed by atoms with Crippen LogP contribution in [0.15, 0.2) is 24.3 Å². The van der Waals surface area contributed by atoms with Crippen molar-refractivity contribution in [3.8, 4) is 5.75 Å². The van der Waals surface area contributed by atoms with Crippen LogP contribution in [0.25, 0.3) is 0 Å². The van der Waals surface area contributed by atoms with E-state index in [2.05, 4.69) is 5.32 Å². The summed E-state index contributed by atoms with van der Waals surface area (Å²) < 4.78 is 5.63. The Labute approximate surface area is 96.4 Å². The molecular formula is C13H19NO2. The number of hydrogen-bond acceptors (Lipinski definition) is 3. The first-order chi connectivity index (χ1) is 7.77. The molecule has 1 aromatic rings. The molecule has 16 heavy (non-hydrogen) atoms. The number of nitrogens with one attached hydrogen (secondary N) is 1. The summed E-state index contributed by atoms with van der Waals surface area (Å²) in [6.45, 7) is 4.31. The molecule has 0 radical (unpaired) electrons. The van der Waals surface area contributed by atoms with Gasteiger partial charge in [-0.05, 0) is 31.5 Å². The first-order valence-corrected chi connectivity index (χ1v) is 5.84. The van der Waals surface area contributed by atoms with Crippen LogP contribution in [-0.2, 0) is 0 Å². The zero-order valence-electron chi connectivity index (χ0n) is 9.65. The van der Waals surface area contributed by atoms with Crippen molar-refractivity contribution in [3.05, 3.63) is 29.8 Å². The minimum Gasteiger partial charge on any atom is -0.491 e. The van der Waals surface area contributed by atoms with Gasteiger partial charge in [-0.1, -0.05) is 18.2 Å². The van der Waals surface area contributed by atoms with Crippen molar-refractivity contribution in [2.45, 2.75) is 19.4 Å². The lowest BCUT2D eigenvalue weighted by Gasteiger charge is -2.18. The summed E-state index contributed by atoms with van der Waals surface area (Å²) in [5, 5.41) is 13.2. The average Bonchev–Trinajstić information content (AvgIpc) is 2.81. The van der Waals surface area contributed by atoms with Gasteiger partial charge in [0.2, 0.25) is 0 Å². The molecule has 2 N–H and O–H groups in total. The van der Waals surface area contributed by atoms with E-state index >= 15 is 0 Å². The zero-order chi connectivity index (χ0) is 11.4. The second-order valence-electron chi connectivity index (χ2n) is 4.40. The molecule has 1 aliphatic heterocycles. The topological polar surface area (TPSA) is 41.5 Å². The molecule has 88 valence electrons. The van der Waals surface area contributed by atoms with E-state index in [-0.39, 0.29) is 6.10 Å². The molecule has 2 unspecified atom stereocenters. The number of aliphatic hydroxyl groups excluding tert-OH is 1. The number of benzene rings is 1. The van der Waals surface area contributed by atoms with E-state index in [9.17, 15) is 5.11 Å². The third-order valence-electron chi connectivity index (χ3n) is 3.15. The minimum absolute atomic E-state index is 0.337. The first kappa shape index (κ1) is 11.4. The summed E-state index contributed by atoms with van der Waals surface area (Å²) in [6, 6.07) is 7.89. The molecule has 1 heterocycles. The van der Waals surface area contributed by atoms with Gasteiger partial charge >= 0.3 is 0 Å². The summed E-state index contributed by atoms with van der Waals surface area (Å²) >= 11 is 0. The van der Waals surface area contributed by atoms with Gasteiger partial charge in [0.05, 0.1) is 6.10 Å². The standard InChI is InChI=1S/C13H19NO2/c1-10-4-2-3-5-13(10)16-9-12(15)11-6-7-14-8-11/h2-5,11-12,14-15H,6-9H2,1H3. The maximum atomic E-state index is 9.94. The zero-order valence-corrected chi connectivity index (χ0v) is 9.65. The van der Waals surface area contributed by atoms with Gasteiger partial charge in [0.15, 0.2) is 0 Å². The molecule has 0 aromatic heterocycles. The van der Waals surface area contributed by atoms with Gasteiger partial charge < -0.3 is 15.2 Å². The van der Waals surface area contributed by atoms with E-state index in [4.69, 9.17) is 4.74 Å². The third-order valence-corrected chi connectivity index (χ3v) is 3.15. The second-order valence-corrected chi connectivity index (χ2v) is 4.40. The molecule has 3 heteroatoms. The molecule has 3 nitrogen and oxygen atoms in total. The monoisotopic (exact) mass is 221 g/mol.